The third-order valence-electron chi connectivity index (χ3n) is 5.55. The van der Waals surface area contributed by atoms with Crippen LogP contribution in [0.3, 0.4) is 0 Å². The zero-order chi connectivity index (χ0) is 21.6. The first-order valence-electron chi connectivity index (χ1n) is 10.8. The van der Waals surface area contributed by atoms with Gasteiger partial charge in [-0.1, -0.05) is 13.8 Å². The topological polar surface area (TPSA) is 41.9 Å². The normalized spacial score (nSPS) is 11.0. The van der Waals surface area contributed by atoms with E-state index in [0.717, 1.165) is 12.8 Å². The molecule has 29 heavy (non-hydrogen) atoms. The van der Waals surface area contributed by atoms with Crippen molar-refractivity contribution in [3.8, 4) is 0 Å². The predicted octanol–water partition coefficient (Wildman–Crippen LogP) is 3.63. The van der Waals surface area contributed by atoms with E-state index in [9.17, 15) is 9.59 Å². The Morgan fingerprint density at radius 2 is 1.07 bits per heavy atom. The molecule has 2 heterocycles. The van der Waals surface area contributed by atoms with Crippen LogP contribution >= 0.6 is 0 Å². The van der Waals surface area contributed by atoms with Crippen LogP contribution in [0.15, 0.2) is 24.3 Å². The molecular weight excluding hydrogens is 360 g/mol. The van der Waals surface area contributed by atoms with E-state index in [1.807, 2.05) is 0 Å². The Labute approximate surface area is 175 Å². The van der Waals surface area contributed by atoms with Gasteiger partial charge in [0.1, 0.15) is 11.6 Å². The van der Waals surface area contributed by atoms with Gasteiger partial charge in [0.2, 0.25) is 0 Å². The lowest BCUT2D eigenvalue weighted by atomic mass is 10.1. The Morgan fingerprint density at radius 1 is 0.690 bits per heavy atom. The summed E-state index contributed by atoms with van der Waals surface area (Å²) in [6.45, 7) is 13.9. The van der Waals surface area contributed by atoms with Crippen molar-refractivity contribution < 1.29 is 18.7 Å². The summed E-state index contributed by atoms with van der Waals surface area (Å²) in [6.07, 6.45) is 2.72. The van der Waals surface area contributed by atoms with Crippen LogP contribution in [-0.2, 0) is 35.5 Å². The molecule has 0 atom stereocenters. The minimum atomic E-state index is 0.0332. The van der Waals surface area contributed by atoms with Crippen molar-refractivity contribution in [2.24, 2.45) is 0 Å². The zero-order valence-corrected chi connectivity index (χ0v) is 19.0. The largest absolute Gasteiger partial charge is 0.299 e. The maximum absolute atomic E-state index is 12.4. The number of hydrogen-bond donors (Lipinski definition) is 0. The zero-order valence-electron chi connectivity index (χ0n) is 19.0. The second-order valence-corrected chi connectivity index (χ2v) is 8.10. The molecule has 0 aromatic carbocycles. The summed E-state index contributed by atoms with van der Waals surface area (Å²) in [5, 5.41) is 0. The fourth-order valence-electron chi connectivity index (χ4n) is 4.13. The molecule has 2 aromatic rings. The molecule has 0 N–H and O–H groups in total. The van der Waals surface area contributed by atoms with Gasteiger partial charge in [0.05, 0.1) is 19.3 Å². The third-order valence-corrected chi connectivity index (χ3v) is 5.55. The Kier molecular flexibility index (Phi) is 8.24. The van der Waals surface area contributed by atoms with Gasteiger partial charge in [0, 0.05) is 51.0 Å². The van der Waals surface area contributed by atoms with Gasteiger partial charge in [-0.2, -0.15) is 9.13 Å². The Morgan fingerprint density at radius 3 is 1.41 bits per heavy atom. The monoisotopic (exact) mass is 396 g/mol. The number of Topliss-reactive ketones (excluding diaryl/α,β-unsaturated/α-hetero) is 2. The van der Waals surface area contributed by atoms with E-state index in [2.05, 4.69) is 74.9 Å². The first-order valence-corrected chi connectivity index (χ1v) is 10.8. The van der Waals surface area contributed by atoms with Crippen LogP contribution in [0.2, 0.25) is 0 Å². The molecule has 2 rings (SSSR count). The molecular formula is C25H36N2O2+2. The molecule has 0 aliphatic rings. The van der Waals surface area contributed by atoms with Crippen LogP contribution in [0.25, 0.3) is 0 Å². The van der Waals surface area contributed by atoms with Crippen LogP contribution < -0.4 is 9.13 Å². The van der Waals surface area contributed by atoms with Crippen molar-refractivity contribution in [1.82, 2.24) is 0 Å². The minimum absolute atomic E-state index is 0.0332. The van der Waals surface area contributed by atoms with Crippen LogP contribution in [0.4, 0.5) is 0 Å². The number of aromatic nitrogens is 2. The highest BCUT2D eigenvalue weighted by Gasteiger charge is 2.19. The molecule has 0 saturated carbocycles. The van der Waals surface area contributed by atoms with Gasteiger partial charge in [-0.3, -0.25) is 9.59 Å². The highest BCUT2D eigenvalue weighted by Crippen LogP contribution is 2.07. The van der Waals surface area contributed by atoms with Crippen LogP contribution in [0, 0.1) is 27.7 Å². The number of carbonyl (C=O) groups excluding carboxylic acids is 2. The van der Waals surface area contributed by atoms with E-state index in [1.54, 1.807) is 0 Å². The van der Waals surface area contributed by atoms with Gasteiger partial charge in [-0.15, -0.1) is 0 Å². The number of rotatable bonds is 10. The molecule has 0 aliphatic carbocycles. The van der Waals surface area contributed by atoms with E-state index in [1.165, 1.54) is 33.9 Å². The maximum atomic E-state index is 12.4. The highest BCUT2D eigenvalue weighted by molar-refractivity contribution is 5.98. The van der Waals surface area contributed by atoms with E-state index in [4.69, 9.17) is 0 Å². The van der Waals surface area contributed by atoms with Gasteiger partial charge in [-0.25, -0.2) is 0 Å². The number of aryl methyl sites for hydroxylation is 6. The average Bonchev–Trinajstić information content (AvgIpc) is 2.65. The van der Waals surface area contributed by atoms with Crippen molar-refractivity contribution >= 4 is 11.6 Å². The number of ketones is 2. The number of carbonyl (C=O) groups is 2. The van der Waals surface area contributed by atoms with E-state index in [-0.39, 0.29) is 18.0 Å². The van der Waals surface area contributed by atoms with Crippen LogP contribution in [0.5, 0.6) is 0 Å². The third kappa shape index (κ3) is 6.31. The maximum Gasteiger partial charge on any atom is 0.181 e. The molecule has 0 bridgehead atoms. The lowest BCUT2D eigenvalue weighted by Crippen LogP contribution is -2.43. The van der Waals surface area contributed by atoms with E-state index < -0.39 is 0 Å². The van der Waals surface area contributed by atoms with Gasteiger partial charge in [0.15, 0.2) is 35.9 Å². The van der Waals surface area contributed by atoms with Gasteiger partial charge in [0.25, 0.3) is 0 Å². The van der Waals surface area contributed by atoms with Crippen molar-refractivity contribution in [3.63, 3.8) is 0 Å². The van der Waals surface area contributed by atoms with Crippen molar-refractivity contribution in [2.45, 2.75) is 86.7 Å². The molecule has 0 fully saturated rings. The van der Waals surface area contributed by atoms with Crippen LogP contribution in [0.1, 0.15) is 67.0 Å². The Balaban J connectivity index is 1.92. The summed E-state index contributed by atoms with van der Waals surface area (Å²) >= 11 is 0. The minimum Gasteiger partial charge on any atom is -0.299 e. The average molecular weight is 397 g/mol. The molecule has 0 unspecified atom stereocenters. The first kappa shape index (κ1) is 22.9. The molecule has 0 radical (unpaired) electrons. The second kappa shape index (κ2) is 10.4. The summed E-state index contributed by atoms with van der Waals surface area (Å²) in [5.41, 5.74) is 7.29. The summed E-state index contributed by atoms with van der Waals surface area (Å²) in [5.74, 6) is 0.0664. The van der Waals surface area contributed by atoms with Crippen molar-refractivity contribution in [2.75, 3.05) is 0 Å². The van der Waals surface area contributed by atoms with Gasteiger partial charge < -0.3 is 0 Å². The van der Waals surface area contributed by atoms with E-state index >= 15 is 0 Å². The standard InChI is InChI=1S/C25H36N2O2/c1-7-22-15-18(3)13-20(5)26(22)11-9-24(28)17-25(29)10-12-27-21(6)14-19(4)16-23(27)8-2/h13-16H,7-12,17H2,1-6H3/q+2. The number of pyridine rings is 2. The Bertz CT molecular complexity index is 827. The smallest absolute Gasteiger partial charge is 0.181 e. The summed E-state index contributed by atoms with van der Waals surface area (Å²) in [4.78, 5) is 24.8. The molecule has 0 saturated heterocycles. The molecule has 0 spiro atoms. The number of nitrogens with zero attached hydrogens (tertiary/aromatic N) is 2. The molecule has 0 aliphatic heterocycles. The van der Waals surface area contributed by atoms with Crippen molar-refractivity contribution in [1.29, 1.82) is 0 Å². The molecule has 156 valence electrons. The van der Waals surface area contributed by atoms with Crippen LogP contribution in [-0.4, -0.2) is 11.6 Å². The SMILES string of the molecule is CCc1cc(C)cc(C)[n+]1CCC(=O)CC(=O)CC[n+]1c(C)cc(C)cc1CC. The van der Waals surface area contributed by atoms with Crippen molar-refractivity contribution in [3.05, 3.63) is 58.2 Å². The predicted molar refractivity (Wildman–Crippen MR) is 115 cm³/mol. The summed E-state index contributed by atoms with van der Waals surface area (Å²) in [7, 11) is 0. The molecule has 4 nitrogen and oxygen atoms in total. The Hall–Kier alpha value is -2.36. The molecule has 2 aromatic heterocycles. The number of hydrogen-bond acceptors (Lipinski definition) is 2. The highest BCUT2D eigenvalue weighted by atomic mass is 16.1. The molecule has 0 amide bonds. The lowest BCUT2D eigenvalue weighted by Gasteiger charge is -2.08. The first-order chi connectivity index (χ1) is 13.7. The summed E-state index contributed by atoms with van der Waals surface area (Å²) < 4.78 is 4.41. The fourth-order valence-corrected chi connectivity index (χ4v) is 4.13. The fraction of sp³-hybridized carbons (Fsp3) is 0.520. The van der Waals surface area contributed by atoms with E-state index in [0.29, 0.717) is 25.9 Å². The molecule has 4 heteroatoms. The van der Waals surface area contributed by atoms with Gasteiger partial charge >= 0.3 is 0 Å². The lowest BCUT2D eigenvalue weighted by molar-refractivity contribution is -0.708. The quantitative estimate of drug-likeness (QED) is 0.455. The van der Waals surface area contributed by atoms with Gasteiger partial charge in [-0.05, 0) is 25.0 Å². The second-order valence-electron chi connectivity index (χ2n) is 8.10. The summed E-state index contributed by atoms with van der Waals surface area (Å²) in [6, 6.07) is 8.63.